The molecule has 9 heteroatoms. The molecule has 1 fully saturated rings. The molecule has 1 unspecified atom stereocenters. The summed E-state index contributed by atoms with van der Waals surface area (Å²) >= 11 is 0. The van der Waals surface area contributed by atoms with E-state index in [2.05, 4.69) is 4.98 Å². The fraction of sp³-hybridized carbons (Fsp3) is 0.296. The molecule has 36 heavy (non-hydrogen) atoms. The first-order chi connectivity index (χ1) is 17.4. The quantitative estimate of drug-likeness (QED) is 0.257. The molecular formula is C27H28FN3O5. The molecule has 0 bridgehead atoms. The predicted molar refractivity (Wildman–Crippen MR) is 131 cm³/mol. The number of carbonyl (C=O) groups is 2. The van der Waals surface area contributed by atoms with Gasteiger partial charge in [-0.05, 0) is 62.2 Å². The van der Waals surface area contributed by atoms with E-state index in [9.17, 15) is 19.1 Å². The molecule has 1 atom stereocenters. The second-order valence-electron chi connectivity index (χ2n) is 8.23. The summed E-state index contributed by atoms with van der Waals surface area (Å²) in [6.07, 6.45) is 5.73. The number of carbonyl (C=O) groups excluding carboxylic acids is 2. The van der Waals surface area contributed by atoms with Gasteiger partial charge in [-0.3, -0.25) is 9.59 Å². The minimum atomic E-state index is -0.854. The molecule has 1 amide bonds. The van der Waals surface area contributed by atoms with Crippen LogP contribution in [0.3, 0.4) is 0 Å². The number of Topliss-reactive ketones (excluding diaryl/α,β-unsaturated/α-hetero) is 1. The number of amides is 1. The zero-order chi connectivity index (χ0) is 25.7. The summed E-state index contributed by atoms with van der Waals surface area (Å²) in [7, 11) is 0. The van der Waals surface area contributed by atoms with Crippen LogP contribution in [0.2, 0.25) is 0 Å². The fourth-order valence-electron chi connectivity index (χ4n) is 4.30. The van der Waals surface area contributed by atoms with Gasteiger partial charge in [0, 0.05) is 31.0 Å². The Hall–Kier alpha value is -4.14. The summed E-state index contributed by atoms with van der Waals surface area (Å²) in [5.74, 6) is -1.32. The first-order valence-electron chi connectivity index (χ1n) is 11.8. The van der Waals surface area contributed by atoms with Crippen molar-refractivity contribution in [3.63, 3.8) is 0 Å². The first-order valence-corrected chi connectivity index (χ1v) is 11.8. The lowest BCUT2D eigenvalue weighted by Crippen LogP contribution is -2.31. The van der Waals surface area contributed by atoms with Gasteiger partial charge in [0.1, 0.15) is 11.6 Å². The Balaban J connectivity index is 1.77. The minimum Gasteiger partial charge on any atom is -0.507 e. The van der Waals surface area contributed by atoms with Gasteiger partial charge in [-0.25, -0.2) is 9.37 Å². The number of aryl methyl sites for hydroxylation is 1. The molecule has 0 saturated carbocycles. The minimum absolute atomic E-state index is 0.0548. The van der Waals surface area contributed by atoms with Crippen LogP contribution in [0.4, 0.5) is 4.39 Å². The predicted octanol–water partition coefficient (Wildman–Crippen LogP) is 4.33. The summed E-state index contributed by atoms with van der Waals surface area (Å²) < 4.78 is 26.8. The monoisotopic (exact) mass is 493 g/mol. The number of ketones is 1. The molecule has 2 aromatic carbocycles. The van der Waals surface area contributed by atoms with Gasteiger partial charge >= 0.3 is 0 Å². The Kier molecular flexibility index (Phi) is 7.68. The van der Waals surface area contributed by atoms with Crippen LogP contribution in [-0.2, 0) is 16.1 Å². The number of rotatable bonds is 10. The smallest absolute Gasteiger partial charge is 0.295 e. The molecule has 4 rings (SSSR count). The van der Waals surface area contributed by atoms with E-state index in [1.807, 2.05) is 24.6 Å². The molecular weight excluding hydrogens is 465 g/mol. The SMILES string of the molecule is CCOc1ccc(C2/C(=C(\O)c3ccc(F)cc3)C(=O)C(=O)N2CCCn2ccnc2)cc1OCC. The van der Waals surface area contributed by atoms with Crippen LogP contribution in [0.15, 0.2) is 66.8 Å². The van der Waals surface area contributed by atoms with E-state index in [0.717, 1.165) is 0 Å². The van der Waals surface area contributed by atoms with Gasteiger partial charge in [0.2, 0.25) is 0 Å². The first kappa shape index (κ1) is 25.0. The maximum atomic E-state index is 13.5. The molecule has 1 aromatic heterocycles. The number of ether oxygens (including phenoxy) is 2. The highest BCUT2D eigenvalue weighted by Gasteiger charge is 2.46. The molecule has 1 N–H and O–H groups in total. The van der Waals surface area contributed by atoms with Crippen LogP contribution in [-0.4, -0.2) is 51.0 Å². The van der Waals surface area contributed by atoms with Crippen molar-refractivity contribution in [2.75, 3.05) is 19.8 Å². The Morgan fingerprint density at radius 2 is 1.75 bits per heavy atom. The van der Waals surface area contributed by atoms with Crippen molar-refractivity contribution in [3.8, 4) is 11.5 Å². The summed E-state index contributed by atoms with van der Waals surface area (Å²) in [5, 5.41) is 11.1. The molecule has 1 saturated heterocycles. The van der Waals surface area contributed by atoms with Crippen molar-refractivity contribution in [2.24, 2.45) is 0 Å². The summed E-state index contributed by atoms with van der Waals surface area (Å²) in [6.45, 7) is 5.41. The second kappa shape index (κ2) is 11.1. The largest absolute Gasteiger partial charge is 0.507 e. The highest BCUT2D eigenvalue weighted by atomic mass is 19.1. The molecule has 1 aliphatic heterocycles. The van der Waals surface area contributed by atoms with Gasteiger partial charge in [0.05, 0.1) is 31.2 Å². The van der Waals surface area contributed by atoms with Crippen LogP contribution in [0.25, 0.3) is 5.76 Å². The topological polar surface area (TPSA) is 93.9 Å². The van der Waals surface area contributed by atoms with E-state index in [4.69, 9.17) is 9.47 Å². The van der Waals surface area contributed by atoms with Gasteiger partial charge in [0.15, 0.2) is 11.5 Å². The lowest BCUT2D eigenvalue weighted by molar-refractivity contribution is -0.139. The molecule has 188 valence electrons. The summed E-state index contributed by atoms with van der Waals surface area (Å²) in [4.78, 5) is 31.8. The van der Waals surface area contributed by atoms with E-state index >= 15 is 0 Å². The van der Waals surface area contributed by atoms with E-state index < -0.39 is 23.5 Å². The van der Waals surface area contributed by atoms with Crippen LogP contribution >= 0.6 is 0 Å². The molecule has 8 nitrogen and oxygen atoms in total. The molecule has 0 radical (unpaired) electrons. The zero-order valence-electron chi connectivity index (χ0n) is 20.2. The number of imidazole rings is 1. The van der Waals surface area contributed by atoms with Gasteiger partial charge < -0.3 is 24.0 Å². The van der Waals surface area contributed by atoms with Gasteiger partial charge in [-0.2, -0.15) is 0 Å². The molecule has 0 aliphatic carbocycles. The Morgan fingerprint density at radius 1 is 1.03 bits per heavy atom. The Bertz CT molecular complexity index is 1250. The van der Waals surface area contributed by atoms with E-state index in [1.54, 1.807) is 30.7 Å². The molecule has 1 aliphatic rings. The number of nitrogens with zero attached hydrogens (tertiary/aromatic N) is 3. The van der Waals surface area contributed by atoms with E-state index in [0.29, 0.717) is 43.2 Å². The van der Waals surface area contributed by atoms with Crippen molar-refractivity contribution in [1.82, 2.24) is 14.5 Å². The number of aromatic nitrogens is 2. The number of aliphatic hydroxyl groups is 1. The van der Waals surface area contributed by atoms with Crippen LogP contribution in [0.1, 0.15) is 37.4 Å². The highest BCUT2D eigenvalue weighted by Crippen LogP contribution is 2.42. The second-order valence-corrected chi connectivity index (χ2v) is 8.23. The summed E-state index contributed by atoms with van der Waals surface area (Å²) in [6, 6.07) is 9.48. The van der Waals surface area contributed by atoms with Crippen molar-refractivity contribution in [2.45, 2.75) is 32.9 Å². The Morgan fingerprint density at radius 3 is 2.42 bits per heavy atom. The molecule has 0 spiro atoms. The van der Waals surface area contributed by atoms with Gasteiger partial charge in [-0.1, -0.05) is 6.07 Å². The number of aliphatic hydroxyl groups excluding tert-OH is 1. The third-order valence-electron chi connectivity index (χ3n) is 5.92. The standard InChI is InChI=1S/C27H28FN3O5/c1-3-35-21-11-8-19(16-22(21)36-4-2)24-23(25(32)18-6-9-20(28)10-7-18)26(33)27(34)31(24)14-5-13-30-15-12-29-17-30/h6-12,15-17,24,32H,3-5,13-14H2,1-2H3/b25-23+. The molecule has 3 aromatic rings. The highest BCUT2D eigenvalue weighted by molar-refractivity contribution is 6.46. The normalized spacial score (nSPS) is 17.0. The van der Waals surface area contributed by atoms with Crippen molar-refractivity contribution in [3.05, 3.63) is 83.7 Å². The maximum Gasteiger partial charge on any atom is 0.295 e. The zero-order valence-corrected chi connectivity index (χ0v) is 20.2. The Labute approximate surface area is 208 Å². The lowest BCUT2D eigenvalue weighted by atomic mass is 9.95. The van der Waals surface area contributed by atoms with Crippen molar-refractivity contribution < 1.29 is 28.6 Å². The lowest BCUT2D eigenvalue weighted by Gasteiger charge is -2.26. The fourth-order valence-corrected chi connectivity index (χ4v) is 4.30. The number of hydrogen-bond acceptors (Lipinski definition) is 6. The van der Waals surface area contributed by atoms with Crippen LogP contribution in [0, 0.1) is 5.82 Å². The number of halogens is 1. The van der Waals surface area contributed by atoms with Crippen LogP contribution < -0.4 is 9.47 Å². The van der Waals surface area contributed by atoms with Gasteiger partial charge in [-0.15, -0.1) is 0 Å². The van der Waals surface area contributed by atoms with Crippen molar-refractivity contribution >= 4 is 17.4 Å². The number of hydrogen-bond donors (Lipinski definition) is 1. The third-order valence-corrected chi connectivity index (χ3v) is 5.92. The number of likely N-dealkylation sites (tertiary alicyclic amines) is 1. The van der Waals surface area contributed by atoms with E-state index in [1.165, 1.54) is 29.2 Å². The maximum absolute atomic E-state index is 13.5. The van der Waals surface area contributed by atoms with E-state index in [-0.39, 0.29) is 23.4 Å². The third kappa shape index (κ3) is 5.10. The number of benzene rings is 2. The van der Waals surface area contributed by atoms with Gasteiger partial charge in [0.25, 0.3) is 11.7 Å². The average Bonchev–Trinajstić information content (AvgIpc) is 3.48. The summed E-state index contributed by atoms with van der Waals surface area (Å²) in [5.41, 5.74) is 0.780. The van der Waals surface area contributed by atoms with Crippen molar-refractivity contribution in [1.29, 1.82) is 0 Å². The molecule has 2 heterocycles. The van der Waals surface area contributed by atoms with Crippen LogP contribution in [0.5, 0.6) is 11.5 Å². The average molecular weight is 494 g/mol.